The Balaban J connectivity index is 2.06. The van der Waals surface area contributed by atoms with E-state index in [1.54, 1.807) is 0 Å². The maximum absolute atomic E-state index is 2.52. The first-order chi connectivity index (χ1) is 18.8. The normalized spacial score (nSPS) is 13.3. The van der Waals surface area contributed by atoms with E-state index in [0.717, 1.165) is 19.4 Å². The van der Waals surface area contributed by atoms with Gasteiger partial charge in [0.05, 0.1) is 12.1 Å². The second kappa shape index (κ2) is 12.4. The van der Waals surface area contributed by atoms with Crippen molar-refractivity contribution in [2.45, 2.75) is 105 Å². The molecule has 0 bridgehead atoms. The molecule has 0 saturated carbocycles. The number of imidazole rings is 1. The standard InChI is InChI=1S/C37H49N2/c1-9-21-37(8,11-3)34-20-16-15-19-31(34)36-38(22-10-2)23-24-39(36)35-32(27(4)5)25-30(26-33(35)28(6)7)29-17-13-12-14-18-29/h12-20,23-28H,9-11,21-22H2,1-8H3/q+1. The maximum atomic E-state index is 2.52. The number of rotatable bonds is 11. The fourth-order valence-electron chi connectivity index (χ4n) is 6.21. The predicted molar refractivity (Wildman–Crippen MR) is 168 cm³/mol. The summed E-state index contributed by atoms with van der Waals surface area (Å²) in [4.78, 5) is 0. The first-order valence-electron chi connectivity index (χ1n) is 15.2. The summed E-state index contributed by atoms with van der Waals surface area (Å²) in [6.45, 7) is 19.8. The number of aromatic nitrogens is 2. The third kappa shape index (κ3) is 5.76. The Labute approximate surface area is 237 Å². The predicted octanol–water partition coefficient (Wildman–Crippen LogP) is 10.2. The number of aryl methyl sites for hydroxylation is 1. The molecule has 0 saturated heterocycles. The van der Waals surface area contributed by atoms with Crippen molar-refractivity contribution in [3.8, 4) is 28.2 Å². The van der Waals surface area contributed by atoms with Gasteiger partial charge in [-0.25, -0.2) is 4.57 Å². The van der Waals surface area contributed by atoms with E-state index in [-0.39, 0.29) is 5.41 Å². The Bertz CT molecular complexity index is 1350. The molecular formula is C37H49N2+. The molecule has 2 heteroatoms. The zero-order valence-electron chi connectivity index (χ0n) is 25.6. The van der Waals surface area contributed by atoms with Crippen molar-refractivity contribution in [2.24, 2.45) is 0 Å². The second-order valence-corrected chi connectivity index (χ2v) is 12.1. The molecule has 1 unspecified atom stereocenters. The van der Waals surface area contributed by atoms with Gasteiger partial charge in [0.1, 0.15) is 18.1 Å². The number of hydrogen-bond acceptors (Lipinski definition) is 0. The van der Waals surface area contributed by atoms with E-state index in [0.29, 0.717) is 11.8 Å². The molecule has 1 heterocycles. The highest BCUT2D eigenvalue weighted by Crippen LogP contribution is 2.41. The average Bonchev–Trinajstić information content (AvgIpc) is 3.36. The minimum atomic E-state index is 0.142. The van der Waals surface area contributed by atoms with Gasteiger partial charge in [0.2, 0.25) is 0 Å². The fraction of sp³-hybridized carbons (Fsp3) is 0.432. The second-order valence-electron chi connectivity index (χ2n) is 12.1. The van der Waals surface area contributed by atoms with Gasteiger partial charge in [-0.2, -0.15) is 4.57 Å². The summed E-state index contributed by atoms with van der Waals surface area (Å²) >= 11 is 0. The molecule has 0 aliphatic carbocycles. The maximum Gasteiger partial charge on any atom is 0.294 e. The summed E-state index contributed by atoms with van der Waals surface area (Å²) in [6, 6.07) is 24.9. The van der Waals surface area contributed by atoms with Gasteiger partial charge in [0.15, 0.2) is 0 Å². The lowest BCUT2D eigenvalue weighted by Crippen LogP contribution is -2.35. The Morgan fingerprint density at radius 2 is 1.38 bits per heavy atom. The van der Waals surface area contributed by atoms with Gasteiger partial charge >= 0.3 is 0 Å². The van der Waals surface area contributed by atoms with Crippen LogP contribution in [0.5, 0.6) is 0 Å². The molecule has 3 aromatic carbocycles. The number of benzene rings is 3. The van der Waals surface area contributed by atoms with Crippen molar-refractivity contribution < 1.29 is 4.57 Å². The van der Waals surface area contributed by atoms with Gasteiger partial charge < -0.3 is 0 Å². The highest BCUT2D eigenvalue weighted by atomic mass is 15.2. The van der Waals surface area contributed by atoms with Crippen LogP contribution in [0.1, 0.15) is 110 Å². The lowest BCUT2D eigenvalue weighted by atomic mass is 9.74. The average molecular weight is 522 g/mol. The van der Waals surface area contributed by atoms with Crippen molar-refractivity contribution in [3.05, 3.63) is 95.8 Å². The van der Waals surface area contributed by atoms with Gasteiger partial charge in [-0.3, -0.25) is 0 Å². The lowest BCUT2D eigenvalue weighted by molar-refractivity contribution is -0.685. The van der Waals surface area contributed by atoms with Crippen LogP contribution in [0.15, 0.2) is 79.1 Å². The smallest absolute Gasteiger partial charge is 0.230 e. The van der Waals surface area contributed by atoms with Crippen LogP contribution in [-0.2, 0) is 12.0 Å². The molecule has 0 N–H and O–H groups in total. The molecule has 0 aliphatic heterocycles. The molecule has 1 atom stereocenters. The summed E-state index contributed by atoms with van der Waals surface area (Å²) in [6.07, 6.45) is 9.23. The molecule has 4 aromatic rings. The first-order valence-corrected chi connectivity index (χ1v) is 15.2. The minimum Gasteiger partial charge on any atom is -0.230 e. The van der Waals surface area contributed by atoms with Gasteiger partial charge in [-0.1, -0.05) is 110 Å². The molecular weight excluding hydrogens is 472 g/mol. The van der Waals surface area contributed by atoms with E-state index in [1.807, 2.05) is 0 Å². The van der Waals surface area contributed by atoms with E-state index in [9.17, 15) is 0 Å². The summed E-state index contributed by atoms with van der Waals surface area (Å²) in [5, 5.41) is 0. The monoisotopic (exact) mass is 521 g/mol. The summed E-state index contributed by atoms with van der Waals surface area (Å²) < 4.78 is 5.01. The molecule has 2 nitrogen and oxygen atoms in total. The molecule has 4 rings (SSSR count). The largest absolute Gasteiger partial charge is 0.294 e. The molecule has 1 aromatic heterocycles. The quantitative estimate of drug-likeness (QED) is 0.174. The summed E-state index contributed by atoms with van der Waals surface area (Å²) in [5.41, 5.74) is 9.74. The molecule has 39 heavy (non-hydrogen) atoms. The zero-order chi connectivity index (χ0) is 28.2. The molecule has 0 radical (unpaired) electrons. The Hall–Kier alpha value is -3.13. The van der Waals surface area contributed by atoms with Crippen LogP contribution in [0.3, 0.4) is 0 Å². The van der Waals surface area contributed by atoms with Crippen LogP contribution < -0.4 is 4.57 Å². The molecule has 0 spiro atoms. The Morgan fingerprint density at radius 3 is 1.95 bits per heavy atom. The van der Waals surface area contributed by atoms with Crippen LogP contribution in [0.2, 0.25) is 0 Å². The van der Waals surface area contributed by atoms with Crippen LogP contribution in [-0.4, -0.2) is 4.57 Å². The Kier molecular flexibility index (Phi) is 9.15. The van der Waals surface area contributed by atoms with Crippen molar-refractivity contribution in [2.75, 3.05) is 0 Å². The van der Waals surface area contributed by atoms with Gasteiger partial charge in [0.25, 0.3) is 5.82 Å². The Morgan fingerprint density at radius 1 is 0.769 bits per heavy atom. The van der Waals surface area contributed by atoms with E-state index < -0.39 is 0 Å². The van der Waals surface area contributed by atoms with Crippen LogP contribution in [0.25, 0.3) is 28.2 Å². The van der Waals surface area contributed by atoms with Gasteiger partial charge in [0, 0.05) is 11.1 Å². The molecule has 0 amide bonds. The summed E-state index contributed by atoms with van der Waals surface area (Å²) in [7, 11) is 0. The van der Waals surface area contributed by atoms with Crippen molar-refractivity contribution in [1.82, 2.24) is 4.57 Å². The van der Waals surface area contributed by atoms with Crippen molar-refractivity contribution in [3.63, 3.8) is 0 Å². The van der Waals surface area contributed by atoms with E-state index >= 15 is 0 Å². The molecule has 206 valence electrons. The summed E-state index contributed by atoms with van der Waals surface area (Å²) in [5.74, 6) is 2.10. The van der Waals surface area contributed by atoms with Crippen LogP contribution >= 0.6 is 0 Å². The number of hydrogen-bond donors (Lipinski definition) is 0. The highest BCUT2D eigenvalue weighted by Gasteiger charge is 2.33. The third-order valence-corrected chi connectivity index (χ3v) is 8.52. The van der Waals surface area contributed by atoms with E-state index in [4.69, 9.17) is 0 Å². The lowest BCUT2D eigenvalue weighted by Gasteiger charge is -2.30. The number of nitrogens with zero attached hydrogens (tertiary/aromatic N) is 2. The highest BCUT2D eigenvalue weighted by molar-refractivity contribution is 5.71. The van der Waals surface area contributed by atoms with Crippen molar-refractivity contribution >= 4 is 0 Å². The first kappa shape index (κ1) is 28.9. The van der Waals surface area contributed by atoms with Crippen LogP contribution in [0.4, 0.5) is 0 Å². The van der Waals surface area contributed by atoms with Gasteiger partial charge in [-0.15, -0.1) is 0 Å². The third-order valence-electron chi connectivity index (χ3n) is 8.52. The topological polar surface area (TPSA) is 8.81 Å². The molecule has 0 aliphatic rings. The fourth-order valence-corrected chi connectivity index (χ4v) is 6.21. The SMILES string of the molecule is CCC[n+]1ccn(-c2c(C(C)C)cc(-c3ccccc3)cc2C(C)C)c1-c1ccccc1C(C)(CC)CCC. The molecule has 0 fully saturated rings. The zero-order valence-corrected chi connectivity index (χ0v) is 25.6. The van der Waals surface area contributed by atoms with Gasteiger partial charge in [-0.05, 0) is 71.4 Å². The van der Waals surface area contributed by atoms with Crippen molar-refractivity contribution in [1.29, 1.82) is 0 Å². The van der Waals surface area contributed by atoms with Crippen LogP contribution in [0, 0.1) is 0 Å². The minimum absolute atomic E-state index is 0.142. The van der Waals surface area contributed by atoms with E-state index in [2.05, 4.69) is 144 Å². The van der Waals surface area contributed by atoms with E-state index in [1.165, 1.54) is 57.7 Å².